The molecule has 0 aliphatic carbocycles. The molecule has 1 aromatic heterocycles. The molecule has 2 aromatic rings. The van der Waals surface area contributed by atoms with Crippen molar-refractivity contribution in [3.05, 3.63) is 35.6 Å². The van der Waals surface area contributed by atoms with E-state index in [4.69, 9.17) is 9.52 Å². The Hall–Kier alpha value is -2.30. The summed E-state index contributed by atoms with van der Waals surface area (Å²) in [5.74, 6) is -0.747. The summed E-state index contributed by atoms with van der Waals surface area (Å²) >= 11 is 0. The largest absolute Gasteiger partial charge is 0.481 e. The van der Waals surface area contributed by atoms with Gasteiger partial charge >= 0.3 is 5.97 Å². The number of aryl methyl sites for hydroxylation is 1. The average molecular weight is 275 g/mol. The van der Waals surface area contributed by atoms with Gasteiger partial charge in [0.25, 0.3) is 5.91 Å². The quantitative estimate of drug-likeness (QED) is 0.794. The van der Waals surface area contributed by atoms with Crippen LogP contribution in [-0.4, -0.2) is 23.5 Å². The minimum atomic E-state index is -0.815. The lowest BCUT2D eigenvalue weighted by molar-refractivity contribution is -0.137. The molecule has 2 N–H and O–H groups in total. The first-order chi connectivity index (χ1) is 9.59. The van der Waals surface area contributed by atoms with Crippen LogP contribution in [0.15, 0.2) is 28.7 Å². The number of benzene rings is 1. The van der Waals surface area contributed by atoms with Gasteiger partial charge in [-0.25, -0.2) is 0 Å². The van der Waals surface area contributed by atoms with E-state index in [1.807, 2.05) is 31.2 Å². The van der Waals surface area contributed by atoms with Crippen LogP contribution >= 0.6 is 0 Å². The van der Waals surface area contributed by atoms with Crippen LogP contribution in [0.2, 0.25) is 0 Å². The average Bonchev–Trinajstić information content (AvgIpc) is 2.76. The van der Waals surface area contributed by atoms with Gasteiger partial charge in [0.1, 0.15) is 5.58 Å². The molecule has 0 atom stereocenters. The van der Waals surface area contributed by atoms with Crippen LogP contribution < -0.4 is 5.32 Å². The number of aliphatic carboxylic acids is 1. The molecule has 0 unspecified atom stereocenters. The van der Waals surface area contributed by atoms with E-state index in [1.165, 1.54) is 0 Å². The first kappa shape index (κ1) is 14.1. The standard InChI is InChI=1S/C15H17NO4/c1-10-11-6-2-3-7-12(11)20-14(10)15(19)16-9-5-4-8-13(17)18/h2-3,6-7H,4-5,8-9H2,1H3,(H,16,19)(H,17,18). The molecule has 0 aliphatic heterocycles. The molecule has 5 nitrogen and oxygen atoms in total. The van der Waals surface area contributed by atoms with E-state index in [0.717, 1.165) is 10.9 Å². The van der Waals surface area contributed by atoms with Gasteiger partial charge in [-0.05, 0) is 25.8 Å². The molecule has 2 rings (SSSR count). The summed E-state index contributed by atoms with van der Waals surface area (Å²) in [6.45, 7) is 2.30. The van der Waals surface area contributed by atoms with Crippen molar-refractivity contribution < 1.29 is 19.1 Å². The number of furan rings is 1. The van der Waals surface area contributed by atoms with Crippen molar-refractivity contribution in [2.45, 2.75) is 26.2 Å². The molecule has 0 saturated heterocycles. The molecule has 1 amide bonds. The van der Waals surface area contributed by atoms with Crippen molar-refractivity contribution in [2.24, 2.45) is 0 Å². The number of carboxylic acid groups (broad SMARTS) is 1. The number of rotatable bonds is 6. The molecule has 5 heteroatoms. The summed E-state index contributed by atoms with van der Waals surface area (Å²) in [6.07, 6.45) is 1.31. The summed E-state index contributed by atoms with van der Waals surface area (Å²) < 4.78 is 5.55. The van der Waals surface area contributed by atoms with Crippen LogP contribution in [0.5, 0.6) is 0 Å². The second-order valence-corrected chi connectivity index (χ2v) is 4.66. The normalized spacial score (nSPS) is 10.7. The second-order valence-electron chi connectivity index (χ2n) is 4.66. The maximum absolute atomic E-state index is 12.0. The van der Waals surface area contributed by atoms with Crippen LogP contribution in [0.1, 0.15) is 35.4 Å². The highest BCUT2D eigenvalue weighted by Crippen LogP contribution is 2.24. The van der Waals surface area contributed by atoms with Crippen LogP contribution in [0, 0.1) is 6.92 Å². The highest BCUT2D eigenvalue weighted by molar-refractivity contribution is 5.98. The minimum absolute atomic E-state index is 0.125. The van der Waals surface area contributed by atoms with Gasteiger partial charge in [-0.3, -0.25) is 9.59 Å². The number of carbonyl (C=O) groups excluding carboxylic acids is 1. The topological polar surface area (TPSA) is 79.5 Å². The first-order valence-electron chi connectivity index (χ1n) is 6.57. The van der Waals surface area contributed by atoms with Crippen molar-refractivity contribution >= 4 is 22.8 Å². The molecule has 1 heterocycles. The summed E-state index contributed by atoms with van der Waals surface area (Å²) in [6, 6.07) is 7.50. The fraction of sp³-hybridized carbons (Fsp3) is 0.333. The molecule has 106 valence electrons. The lowest BCUT2D eigenvalue weighted by Gasteiger charge is -2.02. The van der Waals surface area contributed by atoms with Crippen LogP contribution in [0.3, 0.4) is 0 Å². The number of hydrogen-bond acceptors (Lipinski definition) is 3. The minimum Gasteiger partial charge on any atom is -0.481 e. The van der Waals surface area contributed by atoms with Gasteiger partial charge in [0.15, 0.2) is 5.76 Å². The van der Waals surface area contributed by atoms with Gasteiger partial charge in [-0.2, -0.15) is 0 Å². The molecular formula is C15H17NO4. The fourth-order valence-corrected chi connectivity index (χ4v) is 2.07. The predicted molar refractivity (Wildman–Crippen MR) is 74.8 cm³/mol. The molecule has 0 aliphatic rings. The maximum Gasteiger partial charge on any atom is 0.303 e. The van der Waals surface area contributed by atoms with Crippen LogP contribution in [0.4, 0.5) is 0 Å². The number of para-hydroxylation sites is 1. The van der Waals surface area contributed by atoms with Crippen molar-refractivity contribution in [2.75, 3.05) is 6.54 Å². The highest BCUT2D eigenvalue weighted by atomic mass is 16.4. The first-order valence-corrected chi connectivity index (χ1v) is 6.57. The number of unbranched alkanes of at least 4 members (excludes halogenated alkanes) is 1. The maximum atomic E-state index is 12.0. The number of fused-ring (bicyclic) bond motifs is 1. The van der Waals surface area contributed by atoms with Gasteiger partial charge in [0.2, 0.25) is 0 Å². The lowest BCUT2D eigenvalue weighted by Crippen LogP contribution is -2.24. The SMILES string of the molecule is Cc1c(C(=O)NCCCCC(=O)O)oc2ccccc12. The molecule has 20 heavy (non-hydrogen) atoms. The van der Waals surface area contributed by atoms with E-state index in [9.17, 15) is 9.59 Å². The monoisotopic (exact) mass is 275 g/mol. The molecule has 0 spiro atoms. The summed E-state index contributed by atoms with van der Waals surface area (Å²) in [7, 11) is 0. The number of hydrogen-bond donors (Lipinski definition) is 2. The van der Waals surface area contributed by atoms with Gasteiger partial charge in [-0.1, -0.05) is 18.2 Å². The Bertz CT molecular complexity index is 630. The van der Waals surface area contributed by atoms with Crippen molar-refractivity contribution in [1.29, 1.82) is 0 Å². The van der Waals surface area contributed by atoms with Crippen LogP contribution in [-0.2, 0) is 4.79 Å². The Morgan fingerprint density at radius 3 is 2.70 bits per heavy atom. The van der Waals surface area contributed by atoms with E-state index in [-0.39, 0.29) is 12.3 Å². The molecule has 1 aromatic carbocycles. The molecule has 0 bridgehead atoms. The summed E-state index contributed by atoms with van der Waals surface area (Å²) in [5.41, 5.74) is 1.52. The van der Waals surface area contributed by atoms with E-state index in [0.29, 0.717) is 30.7 Å². The molecule has 0 fully saturated rings. The molecule has 0 radical (unpaired) electrons. The van der Waals surface area contributed by atoms with E-state index >= 15 is 0 Å². The third-order valence-corrected chi connectivity index (χ3v) is 3.15. The van der Waals surface area contributed by atoms with Crippen LogP contribution in [0.25, 0.3) is 11.0 Å². The van der Waals surface area contributed by atoms with E-state index in [1.54, 1.807) is 0 Å². The highest BCUT2D eigenvalue weighted by Gasteiger charge is 2.16. The number of carboxylic acids is 1. The van der Waals surface area contributed by atoms with Crippen molar-refractivity contribution in [3.63, 3.8) is 0 Å². The van der Waals surface area contributed by atoms with E-state index in [2.05, 4.69) is 5.32 Å². The van der Waals surface area contributed by atoms with Gasteiger partial charge in [-0.15, -0.1) is 0 Å². The lowest BCUT2D eigenvalue weighted by atomic mass is 10.1. The van der Waals surface area contributed by atoms with Gasteiger partial charge < -0.3 is 14.8 Å². The number of amides is 1. The van der Waals surface area contributed by atoms with Crippen molar-refractivity contribution in [3.8, 4) is 0 Å². The third kappa shape index (κ3) is 3.17. The number of nitrogens with one attached hydrogen (secondary N) is 1. The van der Waals surface area contributed by atoms with Crippen molar-refractivity contribution in [1.82, 2.24) is 5.32 Å². The Labute approximate surface area is 116 Å². The zero-order valence-corrected chi connectivity index (χ0v) is 11.3. The number of carbonyl (C=O) groups is 2. The molecular weight excluding hydrogens is 258 g/mol. The predicted octanol–water partition coefficient (Wildman–Crippen LogP) is 2.73. The summed E-state index contributed by atoms with van der Waals surface area (Å²) in [4.78, 5) is 22.4. The zero-order valence-electron chi connectivity index (χ0n) is 11.3. The second kappa shape index (κ2) is 6.23. The molecule has 0 saturated carbocycles. The summed E-state index contributed by atoms with van der Waals surface area (Å²) in [5, 5.41) is 12.2. The smallest absolute Gasteiger partial charge is 0.303 e. The Kier molecular flexibility index (Phi) is 4.40. The Morgan fingerprint density at radius 1 is 1.25 bits per heavy atom. The Balaban J connectivity index is 1.94. The van der Waals surface area contributed by atoms with Gasteiger partial charge in [0.05, 0.1) is 0 Å². The Morgan fingerprint density at radius 2 is 2.00 bits per heavy atom. The fourth-order valence-electron chi connectivity index (χ4n) is 2.07. The zero-order chi connectivity index (χ0) is 14.5. The van der Waals surface area contributed by atoms with E-state index < -0.39 is 5.97 Å². The van der Waals surface area contributed by atoms with Gasteiger partial charge in [0, 0.05) is 23.9 Å². The third-order valence-electron chi connectivity index (χ3n) is 3.15.